The van der Waals surface area contributed by atoms with E-state index in [1.807, 2.05) is 0 Å². The van der Waals surface area contributed by atoms with Crippen molar-refractivity contribution in [3.8, 4) is 0 Å². The van der Waals surface area contributed by atoms with Crippen LogP contribution >= 0.6 is 0 Å². The molecule has 0 aromatic rings. The van der Waals surface area contributed by atoms with Gasteiger partial charge < -0.3 is 135 Å². The van der Waals surface area contributed by atoms with Crippen molar-refractivity contribution in [2.45, 2.75) is 278 Å². The van der Waals surface area contributed by atoms with E-state index in [-0.39, 0.29) is 40.4 Å². The third-order valence-corrected chi connectivity index (χ3v) is 23.1. The second-order valence-corrected chi connectivity index (χ2v) is 28.7. The Labute approximate surface area is 507 Å². The van der Waals surface area contributed by atoms with Crippen molar-refractivity contribution in [1.29, 1.82) is 0 Å². The highest BCUT2D eigenvalue weighted by Gasteiger charge is 2.68. The van der Waals surface area contributed by atoms with Crippen LogP contribution in [0.25, 0.3) is 0 Å². The van der Waals surface area contributed by atoms with Crippen LogP contribution in [-0.4, -0.2) is 290 Å². The van der Waals surface area contributed by atoms with Crippen LogP contribution in [0.2, 0.25) is 0 Å². The van der Waals surface area contributed by atoms with Gasteiger partial charge in [0.15, 0.2) is 25.2 Å². The molecular formula is C60H102O27. The number of hydrogen-bond donors (Lipinski definition) is 18. The number of allylic oxidation sites excluding steroid dienone is 1. The Hall–Kier alpha value is -1.34. The van der Waals surface area contributed by atoms with Gasteiger partial charge in [0.25, 0.3) is 0 Å². The van der Waals surface area contributed by atoms with E-state index in [2.05, 4.69) is 47.6 Å². The minimum Gasteiger partial charge on any atom is -0.394 e. The Bertz CT molecular complexity index is 2290. The Kier molecular flexibility index (Phi) is 21.6. The summed E-state index contributed by atoms with van der Waals surface area (Å²) < 4.78 is 54.2. The van der Waals surface area contributed by atoms with Crippen molar-refractivity contribution < 1.29 is 135 Å². The molecule has 0 spiro atoms. The molecule has 3 saturated carbocycles. The number of rotatable bonds is 19. The molecule has 5 aliphatic heterocycles. The van der Waals surface area contributed by atoms with Crippen LogP contribution in [0.3, 0.4) is 0 Å². The lowest BCUT2D eigenvalue weighted by molar-refractivity contribution is -0.380. The second kappa shape index (κ2) is 26.8. The first-order valence-corrected chi connectivity index (χ1v) is 31.3. The van der Waals surface area contributed by atoms with Crippen molar-refractivity contribution in [2.24, 2.45) is 51.2 Å². The third kappa shape index (κ3) is 12.6. The lowest BCUT2D eigenvalue weighted by atomic mass is 9.39. The minimum absolute atomic E-state index is 0.0881. The predicted molar refractivity (Wildman–Crippen MR) is 297 cm³/mol. The summed E-state index contributed by atoms with van der Waals surface area (Å²) in [4.78, 5) is 0. The maximum absolute atomic E-state index is 11.8. The standard InChI is InChI=1S/C60H102O27/c1-24(9-13-35(57(4,5)78)86-55-51(87-54-49(77)44(72)39(67)31(22-64)83-54)45(73)40(68)32(84-55)23-79-52-48(76)43(71)38(66)30(21-63)82-52)25-15-16-60(8)33-12-10-26-27(58(33,6)17-18-59(25,60)7)11-14-34(56(26,2)3)85-53-47(75)41(69)36(28(19-61)81-53)50-46(74)42(70)37(65)29(20-62)80-50/h10,24-25,27-55,61-78H,9,11-23H2,1-8H3/t24?,25?,27?,28-,29-,30-,31-,32-,33?,34+,35?,36?,37-,38-,39-,40-,41+,42+,43+,44+,45+,46-,47-,48-,49-,50+,51-,52-,53+,54+,55+,58?,59?,60?/m1/s1. The zero-order chi connectivity index (χ0) is 63.9. The normalized spacial score (nSPS) is 51.8. The highest BCUT2D eigenvalue weighted by Crippen LogP contribution is 2.75. The van der Waals surface area contributed by atoms with Gasteiger partial charge in [0.1, 0.15) is 104 Å². The molecule has 27 nitrogen and oxygen atoms in total. The fourth-order valence-corrected chi connectivity index (χ4v) is 17.5. The summed E-state index contributed by atoms with van der Waals surface area (Å²) in [5, 5.41) is 194. The van der Waals surface area contributed by atoms with Crippen molar-refractivity contribution in [1.82, 2.24) is 0 Å². The molecule has 0 aromatic heterocycles. The van der Waals surface area contributed by atoms with Gasteiger partial charge in [-0.1, -0.05) is 53.2 Å². The van der Waals surface area contributed by atoms with E-state index in [4.69, 9.17) is 42.6 Å². The second-order valence-electron chi connectivity index (χ2n) is 28.7. The molecule has 5 heterocycles. The molecule has 18 N–H and O–H groups in total. The largest absolute Gasteiger partial charge is 0.394 e. The molecule has 8 fully saturated rings. The van der Waals surface area contributed by atoms with Crippen LogP contribution in [0.5, 0.6) is 0 Å². The molecule has 504 valence electrons. The fraction of sp³-hybridized carbons (Fsp3) is 0.967. The highest BCUT2D eigenvalue weighted by molar-refractivity contribution is 5.30. The third-order valence-electron chi connectivity index (χ3n) is 23.1. The molecule has 87 heavy (non-hydrogen) atoms. The average Bonchev–Trinajstić information content (AvgIpc) is 1.67. The van der Waals surface area contributed by atoms with E-state index < -0.39 is 209 Å². The van der Waals surface area contributed by atoms with Crippen LogP contribution in [0.4, 0.5) is 0 Å². The summed E-state index contributed by atoms with van der Waals surface area (Å²) in [6.45, 7) is 13.3. The van der Waals surface area contributed by atoms with Gasteiger partial charge in [0.2, 0.25) is 0 Å². The summed E-state index contributed by atoms with van der Waals surface area (Å²) >= 11 is 0. The molecule has 5 saturated heterocycles. The van der Waals surface area contributed by atoms with E-state index in [0.717, 1.165) is 38.5 Å². The quantitative estimate of drug-likeness (QED) is 0.0547. The highest BCUT2D eigenvalue weighted by atomic mass is 16.8. The molecule has 9 rings (SSSR count). The SMILES string of the molecule is CC(CCC(O[C@@H]1O[C@H](CO[C@@H]2O[C@H](CO)[C@@H](O)[C@H](O)[C@H]2O)[C@@H](O)[C@H](O)[C@H]1O[C@@H]1O[C@H](CO)[C@@H](O)[C@H](O)[C@H]1O)C(C)(C)O)C1CCC2(C)C3CC=C4C(CC[C@H](O[C@@H]5O[C@H](CO)C([C@@H]6O[C@H](CO)[C@@H](O)[C@H](O)[C@H]6O)[C@H](O)[C@H]5O)C4(C)C)C3(C)CCC12C. The Balaban J connectivity index is 0.880. The fourth-order valence-electron chi connectivity index (χ4n) is 17.5. The number of hydrogen-bond acceptors (Lipinski definition) is 27. The first kappa shape index (κ1) is 70.0. The van der Waals surface area contributed by atoms with Crippen LogP contribution in [0.1, 0.15) is 113 Å². The zero-order valence-corrected chi connectivity index (χ0v) is 51.1. The molecule has 34 atom stereocenters. The van der Waals surface area contributed by atoms with E-state index in [1.165, 1.54) is 5.57 Å². The summed E-state index contributed by atoms with van der Waals surface area (Å²) in [5.41, 5.74) is -1.19. The summed E-state index contributed by atoms with van der Waals surface area (Å²) in [7, 11) is 0. The minimum atomic E-state index is -1.93. The number of aliphatic hydroxyl groups is 18. The monoisotopic (exact) mass is 1250 g/mol. The van der Waals surface area contributed by atoms with Gasteiger partial charge >= 0.3 is 0 Å². The number of aliphatic hydroxyl groups excluding tert-OH is 17. The molecule has 9 aliphatic rings. The van der Waals surface area contributed by atoms with E-state index >= 15 is 0 Å². The average molecular weight is 1260 g/mol. The van der Waals surface area contributed by atoms with Crippen molar-refractivity contribution in [3.05, 3.63) is 11.6 Å². The smallest absolute Gasteiger partial charge is 0.187 e. The molecule has 0 aromatic carbocycles. The van der Waals surface area contributed by atoms with Gasteiger partial charge in [-0.25, -0.2) is 0 Å². The van der Waals surface area contributed by atoms with Crippen LogP contribution in [0, 0.1) is 51.2 Å². The van der Waals surface area contributed by atoms with Gasteiger partial charge in [0.05, 0.1) is 69.2 Å². The lowest BCUT2D eigenvalue weighted by Gasteiger charge is -2.66. The van der Waals surface area contributed by atoms with Crippen molar-refractivity contribution >= 4 is 0 Å². The molecule has 0 amide bonds. The van der Waals surface area contributed by atoms with Crippen LogP contribution < -0.4 is 0 Å². The van der Waals surface area contributed by atoms with Gasteiger partial charge in [-0.2, -0.15) is 0 Å². The molecule has 0 radical (unpaired) electrons. The summed E-state index contributed by atoms with van der Waals surface area (Å²) in [6, 6.07) is 0. The number of fused-ring (bicyclic) bond motifs is 5. The van der Waals surface area contributed by atoms with Crippen molar-refractivity contribution in [2.75, 3.05) is 33.0 Å². The summed E-state index contributed by atoms with van der Waals surface area (Å²) in [5.74, 6) is -0.427. The number of ether oxygens (including phenoxy) is 9. The predicted octanol–water partition coefficient (Wildman–Crippen LogP) is -4.10. The first-order valence-electron chi connectivity index (χ1n) is 31.3. The molecule has 4 aliphatic carbocycles. The molecule has 9 unspecified atom stereocenters. The molecular weight excluding hydrogens is 1150 g/mol. The Morgan fingerprint density at radius 2 is 1.05 bits per heavy atom. The Morgan fingerprint density at radius 3 is 1.64 bits per heavy atom. The maximum atomic E-state index is 11.8. The first-order chi connectivity index (χ1) is 40.7. The topological polar surface area (TPSA) is 447 Å². The molecule has 27 heteroatoms. The van der Waals surface area contributed by atoms with E-state index in [0.29, 0.717) is 18.8 Å². The van der Waals surface area contributed by atoms with Gasteiger partial charge in [-0.3, -0.25) is 0 Å². The Morgan fingerprint density at radius 1 is 0.529 bits per heavy atom. The van der Waals surface area contributed by atoms with E-state index in [1.54, 1.807) is 13.8 Å². The van der Waals surface area contributed by atoms with Crippen molar-refractivity contribution in [3.63, 3.8) is 0 Å². The molecule has 0 bridgehead atoms. The maximum Gasteiger partial charge on any atom is 0.187 e. The summed E-state index contributed by atoms with van der Waals surface area (Å²) in [6.07, 6.45) is -31.8. The van der Waals surface area contributed by atoms with Crippen LogP contribution in [-0.2, 0) is 42.6 Å². The van der Waals surface area contributed by atoms with Gasteiger partial charge in [0, 0.05) is 11.3 Å². The van der Waals surface area contributed by atoms with E-state index in [9.17, 15) is 91.9 Å². The lowest BCUT2D eigenvalue weighted by Crippen LogP contribution is -2.67. The zero-order valence-electron chi connectivity index (χ0n) is 51.1. The van der Waals surface area contributed by atoms with Crippen LogP contribution in [0.15, 0.2) is 11.6 Å². The van der Waals surface area contributed by atoms with Gasteiger partial charge in [-0.05, 0) is 112 Å². The van der Waals surface area contributed by atoms with Gasteiger partial charge in [-0.15, -0.1) is 0 Å².